The molecule has 4 heteroatoms. The Morgan fingerprint density at radius 1 is 1.36 bits per heavy atom. The lowest BCUT2D eigenvalue weighted by Gasteiger charge is -2.02. The Bertz CT molecular complexity index is 227. The largest absolute Gasteiger partial charge is 0.560 e. The van der Waals surface area contributed by atoms with Gasteiger partial charge in [0.15, 0.2) is 0 Å². The van der Waals surface area contributed by atoms with E-state index in [9.17, 15) is 0 Å². The van der Waals surface area contributed by atoms with Crippen LogP contribution in [0.2, 0.25) is 0 Å². The van der Waals surface area contributed by atoms with E-state index in [1.54, 1.807) is 24.3 Å². The Hall–Kier alpha value is -1.29. The third-order valence-corrected chi connectivity index (χ3v) is 1.28. The minimum Gasteiger partial charge on any atom is -0.524 e. The van der Waals surface area contributed by atoms with Gasteiger partial charge in [0.1, 0.15) is 6.40 Å². The fourth-order valence-corrected chi connectivity index (χ4v) is 0.761. The number of benzene rings is 1. The number of hydrogen-bond donors (Lipinski definition) is 2. The van der Waals surface area contributed by atoms with Gasteiger partial charge in [0.05, 0.1) is 0 Å². The molecule has 0 atom stereocenters. The highest BCUT2D eigenvalue weighted by atomic mass is 16.5. The number of hydrogen-bond acceptors (Lipinski definition) is 3. The molecule has 0 saturated carbocycles. The van der Waals surface area contributed by atoms with E-state index in [0.717, 1.165) is 6.40 Å². The SMILES string of the molecule is N=COB(O)c1ccccc1. The molecule has 0 amide bonds. The monoisotopic (exact) mass is 149 g/mol. The highest BCUT2D eigenvalue weighted by molar-refractivity contribution is 6.61. The molecule has 0 radical (unpaired) electrons. The van der Waals surface area contributed by atoms with Crippen molar-refractivity contribution < 1.29 is 9.68 Å². The van der Waals surface area contributed by atoms with E-state index < -0.39 is 7.12 Å². The van der Waals surface area contributed by atoms with E-state index in [-0.39, 0.29) is 0 Å². The first-order valence-corrected chi connectivity index (χ1v) is 3.22. The zero-order valence-corrected chi connectivity index (χ0v) is 5.90. The summed E-state index contributed by atoms with van der Waals surface area (Å²) in [5.41, 5.74) is 0.649. The van der Waals surface area contributed by atoms with E-state index in [4.69, 9.17) is 10.4 Å². The highest BCUT2D eigenvalue weighted by Crippen LogP contribution is 1.85. The second kappa shape index (κ2) is 3.78. The lowest BCUT2D eigenvalue weighted by Crippen LogP contribution is -2.32. The van der Waals surface area contributed by atoms with Crippen LogP contribution in [0, 0.1) is 5.41 Å². The van der Waals surface area contributed by atoms with Crippen molar-refractivity contribution >= 4 is 19.0 Å². The van der Waals surface area contributed by atoms with Gasteiger partial charge in [-0.15, -0.1) is 0 Å². The van der Waals surface area contributed by atoms with Crippen LogP contribution in [-0.2, 0) is 4.65 Å². The van der Waals surface area contributed by atoms with E-state index >= 15 is 0 Å². The van der Waals surface area contributed by atoms with Crippen molar-refractivity contribution in [1.29, 1.82) is 5.41 Å². The maximum atomic E-state index is 9.15. The Morgan fingerprint density at radius 3 is 2.55 bits per heavy atom. The molecule has 0 saturated heterocycles. The third-order valence-electron chi connectivity index (χ3n) is 1.28. The maximum Gasteiger partial charge on any atom is 0.560 e. The fourth-order valence-electron chi connectivity index (χ4n) is 0.761. The molecule has 0 heterocycles. The Labute approximate surface area is 65.3 Å². The number of rotatable bonds is 3. The molecule has 0 spiro atoms. The maximum absolute atomic E-state index is 9.15. The molecule has 2 N–H and O–H groups in total. The Kier molecular flexibility index (Phi) is 2.69. The average molecular weight is 149 g/mol. The fraction of sp³-hybridized carbons (Fsp3) is 0. The van der Waals surface area contributed by atoms with Crippen LogP contribution in [0.25, 0.3) is 0 Å². The van der Waals surface area contributed by atoms with Crippen LogP contribution in [0.1, 0.15) is 0 Å². The quantitative estimate of drug-likeness (QED) is 0.361. The van der Waals surface area contributed by atoms with E-state index in [1.807, 2.05) is 6.07 Å². The molecule has 1 aromatic carbocycles. The smallest absolute Gasteiger partial charge is 0.524 e. The molecule has 56 valence electrons. The van der Waals surface area contributed by atoms with Gasteiger partial charge in [-0.1, -0.05) is 30.3 Å². The van der Waals surface area contributed by atoms with Gasteiger partial charge in [0.25, 0.3) is 0 Å². The lowest BCUT2D eigenvalue weighted by atomic mass is 9.80. The van der Waals surface area contributed by atoms with Crippen molar-refractivity contribution in [3.63, 3.8) is 0 Å². The van der Waals surface area contributed by atoms with Crippen molar-refractivity contribution in [3.05, 3.63) is 30.3 Å². The normalized spacial score (nSPS) is 8.82. The molecule has 0 fully saturated rings. The van der Waals surface area contributed by atoms with Crippen LogP contribution in [0.15, 0.2) is 30.3 Å². The Balaban J connectivity index is 2.68. The second-order valence-electron chi connectivity index (χ2n) is 2.02. The van der Waals surface area contributed by atoms with Crippen LogP contribution in [-0.4, -0.2) is 18.5 Å². The molecular weight excluding hydrogens is 141 g/mol. The van der Waals surface area contributed by atoms with Crippen LogP contribution in [0.5, 0.6) is 0 Å². The molecule has 0 aromatic heterocycles. The van der Waals surface area contributed by atoms with E-state index in [0.29, 0.717) is 5.46 Å². The summed E-state index contributed by atoms with van der Waals surface area (Å²) in [5.74, 6) is 0. The summed E-state index contributed by atoms with van der Waals surface area (Å²) in [7, 11) is -1.02. The van der Waals surface area contributed by atoms with Gasteiger partial charge in [-0.05, 0) is 5.46 Å². The van der Waals surface area contributed by atoms with Crippen LogP contribution < -0.4 is 5.46 Å². The first-order chi connectivity index (χ1) is 5.34. The predicted octanol–water partition coefficient (Wildman–Crippen LogP) is -0.00223. The predicted molar refractivity (Wildman–Crippen MR) is 43.9 cm³/mol. The van der Waals surface area contributed by atoms with Gasteiger partial charge < -0.3 is 9.68 Å². The molecule has 11 heavy (non-hydrogen) atoms. The summed E-state index contributed by atoms with van der Waals surface area (Å²) < 4.78 is 4.53. The molecule has 3 nitrogen and oxygen atoms in total. The van der Waals surface area contributed by atoms with E-state index in [1.165, 1.54) is 0 Å². The van der Waals surface area contributed by atoms with Crippen LogP contribution in [0.3, 0.4) is 0 Å². The number of nitrogens with one attached hydrogen (secondary N) is 1. The van der Waals surface area contributed by atoms with Gasteiger partial charge in [-0.3, -0.25) is 5.41 Å². The molecule has 0 aliphatic rings. The third kappa shape index (κ3) is 2.09. The van der Waals surface area contributed by atoms with Crippen molar-refractivity contribution in [2.24, 2.45) is 0 Å². The van der Waals surface area contributed by atoms with Crippen LogP contribution in [0.4, 0.5) is 0 Å². The van der Waals surface area contributed by atoms with Gasteiger partial charge in [0, 0.05) is 0 Å². The minimum atomic E-state index is -1.02. The van der Waals surface area contributed by atoms with Gasteiger partial charge in [-0.25, -0.2) is 0 Å². The van der Waals surface area contributed by atoms with Crippen molar-refractivity contribution in [1.82, 2.24) is 0 Å². The minimum absolute atomic E-state index is 0.649. The summed E-state index contributed by atoms with van der Waals surface area (Å²) in [6, 6.07) is 8.90. The second-order valence-corrected chi connectivity index (χ2v) is 2.02. The summed E-state index contributed by atoms with van der Waals surface area (Å²) in [5, 5.41) is 15.7. The standard InChI is InChI=1S/C7H8BNO2/c9-6-11-8(10)7-4-2-1-3-5-7/h1-6,9-10H. The lowest BCUT2D eigenvalue weighted by molar-refractivity contribution is 0.436. The molecule has 0 aliphatic heterocycles. The van der Waals surface area contributed by atoms with Crippen molar-refractivity contribution in [2.75, 3.05) is 0 Å². The Morgan fingerprint density at radius 2 is 2.00 bits per heavy atom. The summed E-state index contributed by atoms with van der Waals surface area (Å²) >= 11 is 0. The van der Waals surface area contributed by atoms with Gasteiger partial charge in [-0.2, -0.15) is 0 Å². The first-order valence-electron chi connectivity index (χ1n) is 3.22. The zero-order chi connectivity index (χ0) is 8.10. The summed E-state index contributed by atoms with van der Waals surface area (Å²) in [6.45, 7) is 0. The van der Waals surface area contributed by atoms with Crippen molar-refractivity contribution in [2.45, 2.75) is 0 Å². The zero-order valence-electron chi connectivity index (χ0n) is 5.90. The van der Waals surface area contributed by atoms with Crippen molar-refractivity contribution in [3.8, 4) is 0 Å². The molecular formula is C7H8BNO2. The average Bonchev–Trinajstić information content (AvgIpc) is 2.07. The molecule has 1 rings (SSSR count). The molecule has 0 aliphatic carbocycles. The van der Waals surface area contributed by atoms with Gasteiger partial charge >= 0.3 is 7.12 Å². The van der Waals surface area contributed by atoms with E-state index in [2.05, 4.69) is 4.65 Å². The van der Waals surface area contributed by atoms with Gasteiger partial charge in [0.2, 0.25) is 0 Å². The topological polar surface area (TPSA) is 53.3 Å². The summed E-state index contributed by atoms with van der Waals surface area (Å²) in [4.78, 5) is 0. The molecule has 0 unspecified atom stereocenters. The highest BCUT2D eigenvalue weighted by Gasteiger charge is 2.15. The molecule has 1 aromatic rings. The first kappa shape index (κ1) is 7.82. The molecule has 0 bridgehead atoms. The van der Waals surface area contributed by atoms with Crippen LogP contribution >= 0.6 is 0 Å². The summed E-state index contributed by atoms with van der Waals surface area (Å²) in [6.07, 6.45) is 0.720.